The van der Waals surface area contributed by atoms with Crippen LogP contribution >= 0.6 is 0 Å². The molecule has 304 valence electrons. The van der Waals surface area contributed by atoms with Crippen LogP contribution < -0.4 is 24.6 Å². The number of aromatic nitrogens is 4. The van der Waals surface area contributed by atoms with Gasteiger partial charge in [-0.05, 0) is 88.1 Å². The van der Waals surface area contributed by atoms with E-state index in [1.54, 1.807) is 18.3 Å². The van der Waals surface area contributed by atoms with Gasteiger partial charge >= 0.3 is 0 Å². The number of benzene rings is 2. The van der Waals surface area contributed by atoms with Crippen molar-refractivity contribution in [2.45, 2.75) is 88.7 Å². The second kappa shape index (κ2) is 14.8. The lowest BCUT2D eigenvalue weighted by atomic mass is 9.81. The molecule has 0 bridgehead atoms. The molecule has 6 aliphatic rings. The van der Waals surface area contributed by atoms with E-state index in [9.17, 15) is 14.4 Å². The molecule has 4 aliphatic heterocycles. The number of nitrogens with zero attached hydrogens (tertiary/aromatic N) is 7. The van der Waals surface area contributed by atoms with Gasteiger partial charge in [0.1, 0.15) is 35.3 Å². The van der Waals surface area contributed by atoms with Crippen LogP contribution in [0.15, 0.2) is 42.7 Å². The number of rotatable bonds is 11. The molecule has 1 atom stereocenters. The van der Waals surface area contributed by atoms with Crippen molar-refractivity contribution in [3.05, 3.63) is 53.9 Å². The lowest BCUT2D eigenvalue weighted by Crippen LogP contribution is -2.52. The molecule has 3 saturated heterocycles. The van der Waals surface area contributed by atoms with Crippen molar-refractivity contribution >= 4 is 40.1 Å². The van der Waals surface area contributed by atoms with Crippen LogP contribution in [0.4, 0.5) is 11.5 Å². The highest BCUT2D eigenvalue weighted by Gasteiger charge is 2.42. The molecule has 0 radical (unpaired) electrons. The Kier molecular flexibility index (Phi) is 9.47. The first-order chi connectivity index (χ1) is 28.2. The number of imide groups is 1. The van der Waals surface area contributed by atoms with Crippen LogP contribution in [-0.4, -0.2) is 124 Å². The largest absolute Gasteiger partial charge is 0.494 e. The molecule has 2 N–H and O–H groups in total. The number of ether oxygens (including phenoxy) is 3. The monoisotopic (exact) mass is 789 g/mol. The average molecular weight is 790 g/mol. The minimum absolute atomic E-state index is 0.0444. The van der Waals surface area contributed by atoms with Crippen LogP contribution in [-0.2, 0) is 20.9 Å². The Morgan fingerprint density at radius 3 is 2.47 bits per heavy atom. The van der Waals surface area contributed by atoms with Gasteiger partial charge in [0.2, 0.25) is 11.8 Å². The summed E-state index contributed by atoms with van der Waals surface area (Å²) in [6, 6.07) is 11.3. The van der Waals surface area contributed by atoms with Gasteiger partial charge in [-0.3, -0.25) is 29.7 Å². The van der Waals surface area contributed by atoms with Gasteiger partial charge in [-0.1, -0.05) is 0 Å². The van der Waals surface area contributed by atoms with E-state index in [1.807, 2.05) is 24.3 Å². The number of methoxy groups -OCH3 is 1. The summed E-state index contributed by atoms with van der Waals surface area (Å²) in [4.78, 5) is 55.7. The second-order valence-electron chi connectivity index (χ2n) is 17.2. The summed E-state index contributed by atoms with van der Waals surface area (Å²) in [6.45, 7) is 9.07. The van der Waals surface area contributed by atoms with Crippen LogP contribution in [0.2, 0.25) is 0 Å². The third-order valence-corrected chi connectivity index (χ3v) is 13.2. The number of carbonyl (C=O) groups is 3. The number of piperidine rings is 2. The molecular weight excluding hydrogens is 739 g/mol. The minimum atomic E-state index is -0.652. The van der Waals surface area contributed by atoms with Gasteiger partial charge in [0.15, 0.2) is 0 Å². The maximum atomic E-state index is 13.3. The molecule has 2 saturated carbocycles. The Morgan fingerprint density at radius 1 is 0.897 bits per heavy atom. The molecular formula is C43H51N9O6. The molecule has 15 nitrogen and oxygen atoms in total. The van der Waals surface area contributed by atoms with Gasteiger partial charge in [-0.2, -0.15) is 5.10 Å². The molecule has 2 aliphatic carbocycles. The number of carbonyl (C=O) groups excluding carboxylic acids is 3. The van der Waals surface area contributed by atoms with Gasteiger partial charge in [0.25, 0.3) is 5.91 Å². The highest BCUT2D eigenvalue weighted by atomic mass is 16.5. The van der Waals surface area contributed by atoms with Gasteiger partial charge in [0, 0.05) is 74.8 Å². The van der Waals surface area contributed by atoms with Crippen molar-refractivity contribution < 1.29 is 28.6 Å². The fraction of sp³-hybridized carbons (Fsp3) is 0.535. The number of fused-ring (bicyclic) bond motifs is 2. The number of aromatic amines is 1. The molecule has 4 aromatic rings. The lowest BCUT2D eigenvalue weighted by molar-refractivity contribution is -0.136. The van der Waals surface area contributed by atoms with Gasteiger partial charge in [-0.15, -0.1) is 0 Å². The van der Waals surface area contributed by atoms with Crippen LogP contribution in [0.3, 0.4) is 0 Å². The summed E-state index contributed by atoms with van der Waals surface area (Å²) >= 11 is 0. The normalized spacial score (nSPS) is 24.8. The average Bonchev–Trinajstić information content (AvgIpc) is 3.64. The number of anilines is 2. The molecule has 10 rings (SSSR count). The third kappa shape index (κ3) is 7.12. The number of piperazine rings is 1. The quantitative estimate of drug-likeness (QED) is 0.208. The smallest absolute Gasteiger partial charge is 0.255 e. The van der Waals surface area contributed by atoms with Crippen LogP contribution in [0.25, 0.3) is 22.3 Å². The Morgan fingerprint density at radius 2 is 1.71 bits per heavy atom. The Balaban J connectivity index is 0.678. The summed E-state index contributed by atoms with van der Waals surface area (Å²) in [5.41, 5.74) is 4.90. The number of nitrogens with one attached hydrogen (secondary N) is 2. The number of hydrogen-bond acceptors (Lipinski definition) is 12. The van der Waals surface area contributed by atoms with Crippen molar-refractivity contribution in [1.29, 1.82) is 0 Å². The van der Waals surface area contributed by atoms with Crippen molar-refractivity contribution in [2.24, 2.45) is 5.92 Å². The lowest BCUT2D eigenvalue weighted by Gasteiger charge is -2.43. The zero-order chi connectivity index (χ0) is 39.5. The Labute approximate surface area is 337 Å². The predicted octanol–water partition coefficient (Wildman–Crippen LogP) is 4.31. The van der Waals surface area contributed by atoms with Crippen LogP contribution in [0, 0.1) is 5.92 Å². The third-order valence-electron chi connectivity index (χ3n) is 13.2. The Bertz CT molecular complexity index is 2240. The highest BCUT2D eigenvalue weighted by Crippen LogP contribution is 2.43. The van der Waals surface area contributed by atoms with Crippen molar-refractivity contribution in [1.82, 2.24) is 35.3 Å². The summed E-state index contributed by atoms with van der Waals surface area (Å²) in [5.74, 6) is 2.26. The fourth-order valence-corrected chi connectivity index (χ4v) is 9.51. The molecule has 0 spiro atoms. The minimum Gasteiger partial charge on any atom is -0.494 e. The van der Waals surface area contributed by atoms with E-state index in [0.29, 0.717) is 36.3 Å². The van der Waals surface area contributed by atoms with Crippen molar-refractivity contribution in [2.75, 3.05) is 62.7 Å². The SMILES string of the molecule is COc1c(N2CCC(O[C@H]3C[C@H](CN4CCN(c5cc(-c6[nH]nc7ccc(OC8(C)CC8)cc67)ncn5)CC4)C3)CC2)ccc2c1CN(C1CCC(=O)NC1=O)C2=O. The molecule has 6 heterocycles. The molecule has 1 unspecified atom stereocenters. The highest BCUT2D eigenvalue weighted by molar-refractivity contribution is 6.06. The zero-order valence-electron chi connectivity index (χ0n) is 33.2. The van der Waals surface area contributed by atoms with Gasteiger partial charge in [0.05, 0.1) is 48.5 Å². The Hall–Kier alpha value is -5.28. The van der Waals surface area contributed by atoms with E-state index in [2.05, 4.69) is 59.2 Å². The number of H-pyrrole nitrogens is 1. The number of hydrogen-bond donors (Lipinski definition) is 2. The van der Waals surface area contributed by atoms with Gasteiger partial charge < -0.3 is 28.9 Å². The topological polar surface area (TPSA) is 158 Å². The molecule has 2 aromatic carbocycles. The summed E-state index contributed by atoms with van der Waals surface area (Å²) < 4.78 is 18.8. The molecule has 5 fully saturated rings. The second-order valence-corrected chi connectivity index (χ2v) is 17.2. The predicted molar refractivity (Wildman–Crippen MR) is 216 cm³/mol. The van der Waals surface area contributed by atoms with Crippen LogP contribution in [0.5, 0.6) is 11.5 Å². The van der Waals surface area contributed by atoms with Crippen molar-refractivity contribution in [3.8, 4) is 22.9 Å². The van der Waals surface area contributed by atoms with E-state index in [1.165, 1.54) is 0 Å². The fourth-order valence-electron chi connectivity index (χ4n) is 9.51. The molecule has 58 heavy (non-hydrogen) atoms. The first kappa shape index (κ1) is 37.0. The van der Waals surface area contributed by atoms with E-state index < -0.39 is 11.9 Å². The summed E-state index contributed by atoms with van der Waals surface area (Å²) in [5, 5.41) is 11.1. The maximum absolute atomic E-state index is 13.3. The van der Waals surface area contributed by atoms with Crippen LogP contribution in [0.1, 0.15) is 74.2 Å². The number of amides is 3. The molecule has 3 amide bonds. The molecule has 15 heteroatoms. The zero-order valence-corrected chi connectivity index (χ0v) is 33.2. The maximum Gasteiger partial charge on any atom is 0.255 e. The first-order valence-corrected chi connectivity index (χ1v) is 20.9. The summed E-state index contributed by atoms with van der Waals surface area (Å²) in [6.07, 6.45) is 9.02. The molecule has 2 aromatic heterocycles. The van der Waals surface area contributed by atoms with E-state index in [-0.39, 0.29) is 29.9 Å². The summed E-state index contributed by atoms with van der Waals surface area (Å²) in [7, 11) is 1.64. The van der Waals surface area contributed by atoms with Gasteiger partial charge in [-0.25, -0.2) is 9.97 Å². The van der Waals surface area contributed by atoms with Crippen molar-refractivity contribution in [3.63, 3.8) is 0 Å². The van der Waals surface area contributed by atoms with E-state index in [0.717, 1.165) is 129 Å². The first-order valence-electron chi connectivity index (χ1n) is 20.9. The van der Waals surface area contributed by atoms with E-state index in [4.69, 9.17) is 14.2 Å². The standard InChI is InChI=1S/C43H51N9O6/c1-43(11-12-43)58-28-3-5-33-31(21-28)39(48-47-33)34-22-37(45-25-44-34)51-17-15-49(16-18-51)23-26-19-29(20-26)57-27-9-13-50(14-10-27)35-6-4-30-32(40(35)56-2)24-52(42(30)55)36-7-8-38(53)46-41(36)54/h3-6,21-22,25-27,29,36H,7-20,23-24H2,1-2H3,(H,47,48)(H,46,53,54)/t26-,29-,36?. The van der Waals surface area contributed by atoms with E-state index >= 15 is 0 Å².